The minimum atomic E-state index is 0.306. The first-order chi connectivity index (χ1) is 10.6. The Morgan fingerprint density at radius 2 is 1.95 bits per heavy atom. The van der Waals surface area contributed by atoms with Crippen molar-refractivity contribution in [3.05, 3.63) is 22.6 Å². The molecule has 0 radical (unpaired) electrons. The van der Waals surface area contributed by atoms with Crippen molar-refractivity contribution in [1.29, 1.82) is 0 Å². The molecule has 5 nitrogen and oxygen atoms in total. The van der Waals surface area contributed by atoms with Crippen LogP contribution in [-0.2, 0) is 0 Å². The number of nitrogens with zero attached hydrogens (tertiary/aromatic N) is 4. The molecule has 0 saturated carbocycles. The number of halogens is 1. The van der Waals surface area contributed by atoms with E-state index >= 15 is 0 Å². The Balaban J connectivity index is 2.03. The predicted octanol–water partition coefficient (Wildman–Crippen LogP) is 2.92. The Kier molecular flexibility index (Phi) is 3.40. The van der Waals surface area contributed by atoms with Crippen LogP contribution in [0.15, 0.2) is 6.07 Å². The third-order valence-corrected chi connectivity index (χ3v) is 5.22. The van der Waals surface area contributed by atoms with Crippen molar-refractivity contribution in [1.82, 2.24) is 20.3 Å². The fourth-order valence-electron chi connectivity index (χ4n) is 3.03. The highest BCUT2D eigenvalue weighted by Gasteiger charge is 2.21. The smallest absolute Gasteiger partial charge is 0.224 e. The lowest BCUT2D eigenvalue weighted by molar-refractivity contribution is 0.586. The van der Waals surface area contributed by atoms with Crippen molar-refractivity contribution in [3.8, 4) is 0 Å². The van der Waals surface area contributed by atoms with E-state index in [-0.39, 0.29) is 0 Å². The van der Waals surface area contributed by atoms with E-state index in [9.17, 15) is 0 Å². The summed E-state index contributed by atoms with van der Waals surface area (Å²) in [7, 11) is 0. The monoisotopic (exact) mass is 333 g/mol. The number of thiophene rings is 1. The highest BCUT2D eigenvalue weighted by Crippen LogP contribution is 2.39. The van der Waals surface area contributed by atoms with Crippen LogP contribution in [0.3, 0.4) is 0 Å². The van der Waals surface area contributed by atoms with E-state index in [1.165, 1.54) is 5.56 Å². The fourth-order valence-corrected chi connectivity index (χ4v) is 4.45. The number of aryl methyl sites for hydroxylation is 2. The number of fused-ring (bicyclic) bond motifs is 3. The van der Waals surface area contributed by atoms with Crippen LogP contribution in [0.2, 0.25) is 5.28 Å². The standard InChI is InChI=1S/C15H16ClN5S/c1-8-7-9(2)18-14-10(8)11-12(22-14)13(20-15(16)19-11)21-5-3-17-4-6-21/h7,17H,3-6H2,1-2H3. The molecule has 3 aromatic heterocycles. The van der Waals surface area contributed by atoms with E-state index in [1.54, 1.807) is 11.3 Å². The van der Waals surface area contributed by atoms with Crippen molar-refractivity contribution in [3.63, 3.8) is 0 Å². The summed E-state index contributed by atoms with van der Waals surface area (Å²) >= 11 is 7.87. The lowest BCUT2D eigenvalue weighted by atomic mass is 10.1. The summed E-state index contributed by atoms with van der Waals surface area (Å²) in [6.45, 7) is 7.91. The van der Waals surface area contributed by atoms with Crippen molar-refractivity contribution >= 4 is 49.2 Å². The van der Waals surface area contributed by atoms with Crippen LogP contribution in [0.4, 0.5) is 5.82 Å². The molecule has 0 bridgehead atoms. The molecule has 0 spiro atoms. The van der Waals surface area contributed by atoms with E-state index in [0.717, 1.165) is 58.1 Å². The fraction of sp³-hybridized carbons (Fsp3) is 0.400. The normalized spacial score (nSPS) is 15.9. The van der Waals surface area contributed by atoms with Crippen molar-refractivity contribution in [2.45, 2.75) is 13.8 Å². The zero-order chi connectivity index (χ0) is 15.3. The summed E-state index contributed by atoms with van der Waals surface area (Å²) in [4.78, 5) is 17.0. The SMILES string of the molecule is Cc1cc(C)c2c(n1)sc1c(N3CCNCC3)nc(Cl)nc12. The van der Waals surface area contributed by atoms with Crippen molar-refractivity contribution < 1.29 is 0 Å². The largest absolute Gasteiger partial charge is 0.353 e. The highest BCUT2D eigenvalue weighted by molar-refractivity contribution is 7.26. The van der Waals surface area contributed by atoms with Crippen molar-refractivity contribution in [2.75, 3.05) is 31.1 Å². The zero-order valence-electron chi connectivity index (χ0n) is 12.5. The Morgan fingerprint density at radius 3 is 2.73 bits per heavy atom. The summed E-state index contributed by atoms with van der Waals surface area (Å²) in [6, 6.07) is 2.09. The van der Waals surface area contributed by atoms with Gasteiger partial charge in [0.15, 0.2) is 5.82 Å². The molecule has 7 heteroatoms. The topological polar surface area (TPSA) is 53.9 Å². The second-order valence-corrected chi connectivity index (χ2v) is 6.93. The molecule has 0 amide bonds. The third-order valence-electron chi connectivity index (χ3n) is 3.98. The van der Waals surface area contributed by atoms with Gasteiger partial charge in [-0.25, -0.2) is 9.97 Å². The van der Waals surface area contributed by atoms with Gasteiger partial charge < -0.3 is 10.2 Å². The van der Waals surface area contributed by atoms with Gasteiger partial charge in [-0.3, -0.25) is 0 Å². The third kappa shape index (κ3) is 2.22. The molecule has 4 rings (SSSR count). The van der Waals surface area contributed by atoms with Gasteiger partial charge in [0.25, 0.3) is 0 Å². The van der Waals surface area contributed by atoms with E-state index in [4.69, 9.17) is 11.6 Å². The molecule has 1 aliphatic heterocycles. The van der Waals surface area contributed by atoms with Crippen LogP contribution in [-0.4, -0.2) is 41.1 Å². The predicted molar refractivity (Wildman–Crippen MR) is 92.3 cm³/mol. The average molecular weight is 334 g/mol. The molecular formula is C15H16ClN5S. The Morgan fingerprint density at radius 1 is 1.18 bits per heavy atom. The number of aromatic nitrogens is 3. The second kappa shape index (κ2) is 5.30. The average Bonchev–Trinajstić information content (AvgIpc) is 2.85. The Labute approximate surface area is 137 Å². The molecule has 0 aliphatic carbocycles. The number of rotatable bonds is 1. The van der Waals surface area contributed by atoms with Crippen LogP contribution in [0.5, 0.6) is 0 Å². The number of nitrogens with one attached hydrogen (secondary N) is 1. The van der Waals surface area contributed by atoms with Gasteiger partial charge >= 0.3 is 0 Å². The molecule has 22 heavy (non-hydrogen) atoms. The van der Waals surface area contributed by atoms with Gasteiger partial charge in [-0.05, 0) is 37.1 Å². The number of hydrogen-bond donors (Lipinski definition) is 1. The maximum Gasteiger partial charge on any atom is 0.224 e. The maximum atomic E-state index is 6.20. The maximum absolute atomic E-state index is 6.20. The van der Waals surface area contributed by atoms with Crippen LogP contribution in [0.1, 0.15) is 11.3 Å². The molecule has 1 N–H and O–H groups in total. The van der Waals surface area contributed by atoms with Gasteiger partial charge in [0.1, 0.15) is 4.83 Å². The lowest BCUT2D eigenvalue weighted by Crippen LogP contribution is -2.44. The molecule has 0 unspecified atom stereocenters. The van der Waals surface area contributed by atoms with E-state index in [0.29, 0.717) is 5.28 Å². The Hall–Kier alpha value is -1.50. The van der Waals surface area contributed by atoms with Crippen LogP contribution >= 0.6 is 22.9 Å². The van der Waals surface area contributed by atoms with Gasteiger partial charge in [0, 0.05) is 37.3 Å². The Bertz CT molecular complexity index is 869. The van der Waals surface area contributed by atoms with E-state index in [2.05, 4.69) is 38.2 Å². The first kappa shape index (κ1) is 14.1. The minimum Gasteiger partial charge on any atom is -0.353 e. The molecule has 1 saturated heterocycles. The van der Waals surface area contributed by atoms with Crippen LogP contribution in [0.25, 0.3) is 20.4 Å². The number of hydrogen-bond acceptors (Lipinski definition) is 6. The number of anilines is 1. The molecular weight excluding hydrogens is 318 g/mol. The van der Waals surface area contributed by atoms with E-state index in [1.807, 2.05) is 6.92 Å². The molecule has 1 fully saturated rings. The van der Waals surface area contributed by atoms with Crippen LogP contribution in [0, 0.1) is 13.8 Å². The number of pyridine rings is 1. The summed E-state index contributed by atoms with van der Waals surface area (Å²) < 4.78 is 1.09. The summed E-state index contributed by atoms with van der Waals surface area (Å²) in [5.74, 6) is 0.941. The molecule has 1 aliphatic rings. The van der Waals surface area contributed by atoms with E-state index < -0.39 is 0 Å². The first-order valence-corrected chi connectivity index (χ1v) is 8.52. The molecule has 0 atom stereocenters. The highest BCUT2D eigenvalue weighted by atomic mass is 35.5. The molecule has 4 heterocycles. The van der Waals surface area contributed by atoms with Gasteiger partial charge in [0.2, 0.25) is 5.28 Å². The van der Waals surface area contributed by atoms with Crippen LogP contribution < -0.4 is 10.2 Å². The molecule has 0 aromatic carbocycles. The van der Waals surface area contributed by atoms with Gasteiger partial charge in [0.05, 0.1) is 10.2 Å². The summed E-state index contributed by atoms with van der Waals surface area (Å²) in [5.41, 5.74) is 3.15. The van der Waals surface area contributed by atoms with Crippen molar-refractivity contribution in [2.24, 2.45) is 0 Å². The summed E-state index contributed by atoms with van der Waals surface area (Å²) in [5, 5.41) is 4.77. The first-order valence-electron chi connectivity index (χ1n) is 7.33. The molecule has 114 valence electrons. The minimum absolute atomic E-state index is 0.306. The number of piperazine rings is 1. The lowest BCUT2D eigenvalue weighted by Gasteiger charge is -2.28. The zero-order valence-corrected chi connectivity index (χ0v) is 14.1. The second-order valence-electron chi connectivity index (χ2n) is 5.59. The van der Waals surface area contributed by atoms with Gasteiger partial charge in [-0.1, -0.05) is 0 Å². The summed E-state index contributed by atoms with van der Waals surface area (Å²) in [6.07, 6.45) is 0. The van der Waals surface area contributed by atoms with Gasteiger partial charge in [-0.2, -0.15) is 4.98 Å². The molecule has 3 aromatic rings. The van der Waals surface area contributed by atoms with Gasteiger partial charge in [-0.15, -0.1) is 11.3 Å². The quantitative estimate of drug-likeness (QED) is 0.694.